The molecule has 25 heavy (non-hydrogen) atoms. The molecular weight excluding hydrogens is 425 g/mol. The maximum absolute atomic E-state index is 12.0. The summed E-state index contributed by atoms with van der Waals surface area (Å²) in [4.78, 5) is 12.0. The van der Waals surface area contributed by atoms with Gasteiger partial charge in [-0.25, -0.2) is 0 Å². The van der Waals surface area contributed by atoms with Crippen molar-refractivity contribution in [1.82, 2.24) is 0 Å². The predicted molar refractivity (Wildman–Crippen MR) is 106 cm³/mol. The standard InChI is InChI=1S/C19H12BrCl2NO2/c20-13-1-3-16(4-2-13)23-19(24)8-6-17-5-7-18(25-17)12-9-14(21)11-15(22)10-12/h1-11H,(H,23,24)/b8-6+. The van der Waals surface area contributed by atoms with Crippen LogP contribution in [0.15, 0.2) is 69.6 Å². The van der Waals surface area contributed by atoms with Crippen LogP contribution in [0.2, 0.25) is 10.0 Å². The van der Waals surface area contributed by atoms with Crippen molar-refractivity contribution in [2.75, 3.05) is 5.32 Å². The molecule has 0 saturated carbocycles. The van der Waals surface area contributed by atoms with Gasteiger partial charge in [0.05, 0.1) is 0 Å². The van der Waals surface area contributed by atoms with E-state index in [9.17, 15) is 4.79 Å². The van der Waals surface area contributed by atoms with Crippen molar-refractivity contribution in [2.45, 2.75) is 0 Å². The minimum atomic E-state index is -0.244. The minimum Gasteiger partial charge on any atom is -0.457 e. The summed E-state index contributed by atoms with van der Waals surface area (Å²) in [7, 11) is 0. The van der Waals surface area contributed by atoms with Gasteiger partial charge in [-0.2, -0.15) is 0 Å². The van der Waals surface area contributed by atoms with Crippen LogP contribution in [0.25, 0.3) is 17.4 Å². The smallest absolute Gasteiger partial charge is 0.248 e. The summed E-state index contributed by atoms with van der Waals surface area (Å²) in [5, 5.41) is 3.83. The van der Waals surface area contributed by atoms with E-state index in [4.69, 9.17) is 27.6 Å². The van der Waals surface area contributed by atoms with Crippen molar-refractivity contribution in [3.63, 3.8) is 0 Å². The summed E-state index contributed by atoms with van der Waals surface area (Å²) in [5.41, 5.74) is 1.49. The summed E-state index contributed by atoms with van der Waals surface area (Å²) in [6.07, 6.45) is 3.01. The SMILES string of the molecule is O=C(/C=C/c1ccc(-c2cc(Cl)cc(Cl)c2)o1)Nc1ccc(Br)cc1. The van der Waals surface area contributed by atoms with Crippen LogP contribution >= 0.6 is 39.1 Å². The molecule has 0 unspecified atom stereocenters. The largest absolute Gasteiger partial charge is 0.457 e. The maximum Gasteiger partial charge on any atom is 0.248 e. The molecule has 0 aliphatic rings. The van der Waals surface area contributed by atoms with Gasteiger partial charge in [0.25, 0.3) is 0 Å². The molecule has 1 heterocycles. The number of halogens is 3. The Morgan fingerprint density at radius 2 is 1.68 bits per heavy atom. The fourth-order valence-electron chi connectivity index (χ4n) is 2.17. The Morgan fingerprint density at radius 3 is 2.36 bits per heavy atom. The monoisotopic (exact) mass is 435 g/mol. The Kier molecular flexibility index (Phi) is 5.63. The molecule has 0 bridgehead atoms. The molecular formula is C19H12BrCl2NO2. The van der Waals surface area contributed by atoms with E-state index in [0.717, 1.165) is 10.0 Å². The van der Waals surface area contributed by atoms with E-state index >= 15 is 0 Å². The van der Waals surface area contributed by atoms with E-state index in [2.05, 4.69) is 21.2 Å². The molecule has 0 spiro atoms. The van der Waals surface area contributed by atoms with Gasteiger partial charge in [-0.1, -0.05) is 39.1 Å². The number of carbonyl (C=O) groups is 1. The number of nitrogens with one attached hydrogen (secondary N) is 1. The van der Waals surface area contributed by atoms with E-state index in [1.165, 1.54) is 6.08 Å². The van der Waals surface area contributed by atoms with Crippen molar-refractivity contribution < 1.29 is 9.21 Å². The van der Waals surface area contributed by atoms with E-state index in [-0.39, 0.29) is 5.91 Å². The summed E-state index contributed by atoms with van der Waals surface area (Å²) in [6, 6.07) is 16.1. The lowest BCUT2D eigenvalue weighted by Gasteiger charge is -2.01. The average Bonchev–Trinajstić information content (AvgIpc) is 3.03. The highest BCUT2D eigenvalue weighted by Gasteiger charge is 2.06. The van der Waals surface area contributed by atoms with Crippen molar-refractivity contribution >= 4 is 56.8 Å². The highest BCUT2D eigenvalue weighted by Crippen LogP contribution is 2.28. The van der Waals surface area contributed by atoms with Gasteiger partial charge in [0, 0.05) is 31.8 Å². The van der Waals surface area contributed by atoms with Crippen LogP contribution in [0.3, 0.4) is 0 Å². The number of rotatable bonds is 4. The Balaban J connectivity index is 1.69. The second-order valence-corrected chi connectivity index (χ2v) is 6.98. The average molecular weight is 437 g/mol. The normalized spacial score (nSPS) is 11.0. The zero-order chi connectivity index (χ0) is 17.8. The van der Waals surface area contributed by atoms with Gasteiger partial charge in [0.1, 0.15) is 11.5 Å². The lowest BCUT2D eigenvalue weighted by atomic mass is 10.2. The quantitative estimate of drug-likeness (QED) is 0.464. The van der Waals surface area contributed by atoms with Gasteiger partial charge < -0.3 is 9.73 Å². The van der Waals surface area contributed by atoms with Crippen molar-refractivity contribution in [3.8, 4) is 11.3 Å². The number of anilines is 1. The van der Waals surface area contributed by atoms with Gasteiger partial charge in [-0.05, 0) is 60.7 Å². The van der Waals surface area contributed by atoms with E-state index in [1.54, 1.807) is 36.4 Å². The first-order valence-corrected chi connectivity index (χ1v) is 8.85. The van der Waals surface area contributed by atoms with Crippen LogP contribution in [0.4, 0.5) is 5.69 Å². The van der Waals surface area contributed by atoms with Gasteiger partial charge in [-0.15, -0.1) is 0 Å². The Morgan fingerprint density at radius 1 is 1.00 bits per heavy atom. The van der Waals surface area contributed by atoms with Gasteiger partial charge in [0.2, 0.25) is 5.91 Å². The molecule has 3 rings (SSSR count). The molecule has 1 N–H and O–H groups in total. The number of carbonyl (C=O) groups excluding carboxylic acids is 1. The second-order valence-electron chi connectivity index (χ2n) is 5.19. The molecule has 0 fully saturated rings. The first-order chi connectivity index (χ1) is 12.0. The number of amides is 1. The van der Waals surface area contributed by atoms with Crippen LogP contribution < -0.4 is 5.32 Å². The van der Waals surface area contributed by atoms with Crippen LogP contribution in [0.5, 0.6) is 0 Å². The highest BCUT2D eigenvalue weighted by molar-refractivity contribution is 9.10. The first kappa shape index (κ1) is 17.8. The lowest BCUT2D eigenvalue weighted by Crippen LogP contribution is -2.07. The first-order valence-electron chi connectivity index (χ1n) is 7.30. The number of hydrogen-bond donors (Lipinski definition) is 1. The number of benzene rings is 2. The number of furan rings is 1. The highest BCUT2D eigenvalue weighted by atomic mass is 79.9. The van der Waals surface area contributed by atoms with Gasteiger partial charge >= 0.3 is 0 Å². The minimum absolute atomic E-state index is 0.244. The van der Waals surface area contributed by atoms with Crippen LogP contribution in [0.1, 0.15) is 5.76 Å². The summed E-state index contributed by atoms with van der Waals surface area (Å²) in [5.74, 6) is 0.931. The molecule has 0 aliphatic carbocycles. The van der Waals surface area contributed by atoms with Crippen molar-refractivity contribution in [3.05, 3.63) is 81.0 Å². The van der Waals surface area contributed by atoms with E-state index in [0.29, 0.717) is 27.3 Å². The van der Waals surface area contributed by atoms with Crippen molar-refractivity contribution in [2.24, 2.45) is 0 Å². The molecule has 0 aliphatic heterocycles. The van der Waals surface area contributed by atoms with Crippen molar-refractivity contribution in [1.29, 1.82) is 0 Å². The van der Waals surface area contributed by atoms with Crippen LogP contribution in [-0.2, 0) is 4.79 Å². The van der Waals surface area contributed by atoms with Gasteiger partial charge in [-0.3, -0.25) is 4.79 Å². The number of hydrogen-bond acceptors (Lipinski definition) is 2. The maximum atomic E-state index is 12.0. The molecule has 3 nitrogen and oxygen atoms in total. The molecule has 0 saturated heterocycles. The Labute approximate surface area is 163 Å². The topological polar surface area (TPSA) is 42.2 Å². The van der Waals surface area contributed by atoms with E-state index in [1.807, 2.05) is 24.3 Å². The van der Waals surface area contributed by atoms with Crippen LogP contribution in [-0.4, -0.2) is 5.91 Å². The van der Waals surface area contributed by atoms with Gasteiger partial charge in [0.15, 0.2) is 0 Å². The van der Waals surface area contributed by atoms with Crippen LogP contribution in [0, 0.1) is 0 Å². The fourth-order valence-corrected chi connectivity index (χ4v) is 2.96. The molecule has 0 radical (unpaired) electrons. The molecule has 0 atom stereocenters. The molecule has 126 valence electrons. The molecule has 1 aromatic heterocycles. The zero-order valence-electron chi connectivity index (χ0n) is 12.8. The molecule has 1 amide bonds. The fraction of sp³-hybridized carbons (Fsp3) is 0. The molecule has 3 aromatic rings. The molecule has 2 aromatic carbocycles. The second kappa shape index (κ2) is 7.91. The lowest BCUT2D eigenvalue weighted by molar-refractivity contribution is -0.111. The molecule has 6 heteroatoms. The third-order valence-corrected chi connectivity index (χ3v) is 4.25. The predicted octanol–water partition coefficient (Wildman–Crippen LogP) is 6.67. The van der Waals surface area contributed by atoms with E-state index < -0.39 is 0 Å². The third-order valence-electron chi connectivity index (χ3n) is 3.28. The third kappa shape index (κ3) is 4.98. The Hall–Kier alpha value is -2.01. The summed E-state index contributed by atoms with van der Waals surface area (Å²) in [6.45, 7) is 0. The summed E-state index contributed by atoms with van der Waals surface area (Å²) >= 11 is 15.3. The zero-order valence-corrected chi connectivity index (χ0v) is 15.9. The summed E-state index contributed by atoms with van der Waals surface area (Å²) < 4.78 is 6.66. The Bertz CT molecular complexity index is 913.